The molecule has 0 fully saturated rings. The van der Waals surface area contributed by atoms with E-state index in [9.17, 15) is 12.8 Å². The van der Waals surface area contributed by atoms with Crippen LogP contribution in [-0.4, -0.2) is 37.5 Å². The predicted molar refractivity (Wildman–Crippen MR) is 66.9 cm³/mol. The number of nitrogens with two attached hydrogens (primary N) is 1. The smallest absolute Gasteiger partial charge is 0.247 e. The van der Waals surface area contributed by atoms with Crippen molar-refractivity contribution in [2.45, 2.75) is 24.3 Å². The van der Waals surface area contributed by atoms with Gasteiger partial charge in [-0.15, -0.1) is 0 Å². The molecule has 0 aliphatic carbocycles. The maximum Gasteiger partial charge on any atom is 0.247 e. The van der Waals surface area contributed by atoms with Crippen LogP contribution < -0.4 is 5.73 Å². The number of halogens is 1. The molecule has 0 bridgehead atoms. The summed E-state index contributed by atoms with van der Waals surface area (Å²) in [5.41, 5.74) is 5.38. The standard InChI is InChI=1S/C11H17FN2O3S/c1-8(15)6-7-14(2)18(16,17)11-9(12)4-3-5-10(11)13/h3-5,8,15H,6-7,13H2,1-2H3. The highest BCUT2D eigenvalue weighted by Crippen LogP contribution is 2.24. The lowest BCUT2D eigenvalue weighted by Gasteiger charge is -2.19. The van der Waals surface area contributed by atoms with Gasteiger partial charge in [-0.2, -0.15) is 0 Å². The number of anilines is 1. The van der Waals surface area contributed by atoms with Crippen molar-refractivity contribution in [1.29, 1.82) is 0 Å². The van der Waals surface area contributed by atoms with E-state index in [1.165, 1.54) is 19.2 Å². The molecule has 0 aromatic heterocycles. The van der Waals surface area contributed by atoms with Crippen LogP contribution in [0, 0.1) is 5.82 Å². The zero-order valence-electron chi connectivity index (χ0n) is 10.3. The summed E-state index contributed by atoms with van der Waals surface area (Å²) in [6.07, 6.45) is -0.356. The van der Waals surface area contributed by atoms with E-state index >= 15 is 0 Å². The van der Waals surface area contributed by atoms with Crippen LogP contribution in [0.3, 0.4) is 0 Å². The van der Waals surface area contributed by atoms with Crippen LogP contribution in [-0.2, 0) is 10.0 Å². The fourth-order valence-electron chi connectivity index (χ4n) is 1.44. The first kappa shape index (κ1) is 14.9. The third-order valence-corrected chi connectivity index (χ3v) is 4.48. The molecule has 0 spiro atoms. The maximum absolute atomic E-state index is 13.6. The minimum atomic E-state index is -3.97. The minimum absolute atomic E-state index is 0.0910. The number of hydrogen-bond donors (Lipinski definition) is 2. The van der Waals surface area contributed by atoms with Gasteiger partial charge in [-0.05, 0) is 25.5 Å². The number of benzene rings is 1. The predicted octanol–water partition coefficient (Wildman–Crippen LogP) is 0.799. The molecule has 1 rings (SSSR count). The summed E-state index contributed by atoms with van der Waals surface area (Å²) < 4.78 is 38.8. The fourth-order valence-corrected chi connectivity index (χ4v) is 2.78. The first-order valence-corrected chi connectivity index (χ1v) is 6.89. The number of sulfonamides is 1. The van der Waals surface area contributed by atoms with Gasteiger partial charge in [0.1, 0.15) is 10.7 Å². The van der Waals surface area contributed by atoms with Gasteiger partial charge < -0.3 is 10.8 Å². The Balaban J connectivity index is 3.06. The van der Waals surface area contributed by atoms with Gasteiger partial charge in [0.05, 0.1) is 11.8 Å². The highest BCUT2D eigenvalue weighted by Gasteiger charge is 2.26. The van der Waals surface area contributed by atoms with Crippen LogP contribution in [0.15, 0.2) is 23.1 Å². The number of aliphatic hydroxyl groups excluding tert-OH is 1. The Morgan fingerprint density at radius 3 is 2.61 bits per heavy atom. The monoisotopic (exact) mass is 276 g/mol. The number of hydrogen-bond acceptors (Lipinski definition) is 4. The molecule has 1 aromatic rings. The third kappa shape index (κ3) is 3.18. The summed E-state index contributed by atoms with van der Waals surface area (Å²) in [7, 11) is -2.65. The van der Waals surface area contributed by atoms with E-state index in [0.717, 1.165) is 10.4 Å². The van der Waals surface area contributed by atoms with Gasteiger partial charge in [-0.3, -0.25) is 0 Å². The van der Waals surface area contributed by atoms with Crippen molar-refractivity contribution in [3.8, 4) is 0 Å². The van der Waals surface area contributed by atoms with E-state index in [2.05, 4.69) is 0 Å². The lowest BCUT2D eigenvalue weighted by molar-refractivity contribution is 0.177. The first-order chi connectivity index (χ1) is 8.26. The molecule has 5 nitrogen and oxygen atoms in total. The molecule has 1 unspecified atom stereocenters. The first-order valence-electron chi connectivity index (χ1n) is 5.45. The molecule has 0 amide bonds. The van der Waals surface area contributed by atoms with Gasteiger partial charge in [0.2, 0.25) is 10.0 Å². The van der Waals surface area contributed by atoms with Crippen molar-refractivity contribution < 1.29 is 17.9 Å². The summed E-state index contributed by atoms with van der Waals surface area (Å²) in [5, 5.41) is 9.13. The number of rotatable bonds is 5. The molecule has 102 valence electrons. The molecule has 0 aliphatic rings. The van der Waals surface area contributed by atoms with Crippen molar-refractivity contribution in [3.63, 3.8) is 0 Å². The molecule has 0 saturated heterocycles. The van der Waals surface area contributed by atoms with Gasteiger partial charge in [0.15, 0.2) is 0 Å². The highest BCUT2D eigenvalue weighted by atomic mass is 32.2. The Kier molecular flexibility index (Phi) is 4.66. The number of aliphatic hydroxyl groups is 1. The second-order valence-corrected chi connectivity index (χ2v) is 6.10. The summed E-state index contributed by atoms with van der Waals surface area (Å²) in [5.74, 6) is -0.876. The van der Waals surface area contributed by atoms with E-state index < -0.39 is 26.8 Å². The second kappa shape index (κ2) is 5.64. The zero-order chi connectivity index (χ0) is 13.9. The zero-order valence-corrected chi connectivity index (χ0v) is 11.1. The normalized spacial score (nSPS) is 13.8. The molecule has 0 saturated carbocycles. The second-order valence-electron chi connectivity index (χ2n) is 4.12. The van der Waals surface area contributed by atoms with Crippen LogP contribution in [0.2, 0.25) is 0 Å². The summed E-state index contributed by atoms with van der Waals surface area (Å²) in [6.45, 7) is 1.64. The molecule has 0 radical (unpaired) electrons. The van der Waals surface area contributed by atoms with Crippen LogP contribution in [0.5, 0.6) is 0 Å². The molecular weight excluding hydrogens is 259 g/mol. The maximum atomic E-state index is 13.6. The van der Waals surface area contributed by atoms with Crippen molar-refractivity contribution in [1.82, 2.24) is 4.31 Å². The largest absolute Gasteiger partial charge is 0.398 e. The van der Waals surface area contributed by atoms with E-state index in [0.29, 0.717) is 0 Å². The van der Waals surface area contributed by atoms with Crippen molar-refractivity contribution >= 4 is 15.7 Å². The van der Waals surface area contributed by atoms with Gasteiger partial charge in [0, 0.05) is 13.6 Å². The Labute approximate surface area is 106 Å². The Morgan fingerprint density at radius 2 is 2.11 bits per heavy atom. The molecule has 0 aliphatic heterocycles. The molecule has 0 heterocycles. The Hall–Kier alpha value is -1.18. The van der Waals surface area contributed by atoms with E-state index in [1.54, 1.807) is 6.92 Å². The van der Waals surface area contributed by atoms with Crippen LogP contribution in [0.1, 0.15) is 13.3 Å². The number of nitrogens with zero attached hydrogens (tertiary/aromatic N) is 1. The van der Waals surface area contributed by atoms with E-state index in [-0.39, 0.29) is 18.7 Å². The summed E-state index contributed by atoms with van der Waals surface area (Å²) in [6, 6.07) is 3.73. The topological polar surface area (TPSA) is 83.6 Å². The lowest BCUT2D eigenvalue weighted by atomic mass is 10.3. The van der Waals surface area contributed by atoms with Gasteiger partial charge in [-0.25, -0.2) is 17.1 Å². The fraction of sp³-hybridized carbons (Fsp3) is 0.455. The van der Waals surface area contributed by atoms with Crippen LogP contribution in [0.25, 0.3) is 0 Å². The van der Waals surface area contributed by atoms with Crippen molar-refractivity contribution in [2.75, 3.05) is 19.3 Å². The number of nitrogen functional groups attached to an aromatic ring is 1. The molecule has 7 heteroatoms. The molecule has 3 N–H and O–H groups in total. The summed E-state index contributed by atoms with van der Waals surface area (Å²) in [4.78, 5) is -0.516. The minimum Gasteiger partial charge on any atom is -0.398 e. The molecular formula is C11H17FN2O3S. The SMILES string of the molecule is CC(O)CCN(C)S(=O)(=O)c1c(N)cccc1F. The van der Waals surface area contributed by atoms with Crippen molar-refractivity contribution in [3.05, 3.63) is 24.0 Å². The third-order valence-electron chi connectivity index (χ3n) is 2.53. The average Bonchev–Trinajstić information content (AvgIpc) is 2.25. The van der Waals surface area contributed by atoms with Gasteiger partial charge in [-0.1, -0.05) is 6.07 Å². The Morgan fingerprint density at radius 1 is 1.50 bits per heavy atom. The molecule has 18 heavy (non-hydrogen) atoms. The summed E-state index contributed by atoms with van der Waals surface area (Å²) >= 11 is 0. The van der Waals surface area contributed by atoms with Gasteiger partial charge in [0.25, 0.3) is 0 Å². The molecule has 1 aromatic carbocycles. The van der Waals surface area contributed by atoms with Crippen LogP contribution in [0.4, 0.5) is 10.1 Å². The molecule has 1 atom stereocenters. The van der Waals surface area contributed by atoms with Gasteiger partial charge >= 0.3 is 0 Å². The average molecular weight is 276 g/mol. The lowest BCUT2D eigenvalue weighted by Crippen LogP contribution is -2.30. The Bertz CT molecular complexity index is 497. The van der Waals surface area contributed by atoms with E-state index in [1.807, 2.05) is 0 Å². The highest BCUT2D eigenvalue weighted by molar-refractivity contribution is 7.89. The van der Waals surface area contributed by atoms with E-state index in [4.69, 9.17) is 10.8 Å². The van der Waals surface area contributed by atoms with Crippen molar-refractivity contribution in [2.24, 2.45) is 0 Å². The van der Waals surface area contributed by atoms with Crippen LogP contribution >= 0.6 is 0 Å². The quantitative estimate of drug-likeness (QED) is 0.779.